The third-order valence-corrected chi connectivity index (χ3v) is 5.56. The van der Waals surface area contributed by atoms with E-state index in [1.807, 2.05) is 0 Å². The second-order valence-corrected chi connectivity index (χ2v) is 8.30. The minimum absolute atomic E-state index is 0. The molecule has 1 heterocycles. The molecule has 6 nitrogen and oxygen atoms in total. The largest absolute Gasteiger partial charge is 1.00 e. The number of nitrogens with two attached hydrogens (primary N) is 1. The molecule has 0 radical (unpaired) electrons. The SMILES string of the molecule is NS(=O)(=O)c1ccccc1-c1ccc2nc(COc3ccc(C(F)(F)F)cc3)[nH]c2c1.[H-].[H-].[Na+].[Na+]. The summed E-state index contributed by atoms with van der Waals surface area (Å²) < 4.78 is 67.2. The number of ether oxygens (including phenoxy) is 1. The first-order chi connectivity index (χ1) is 14.6. The van der Waals surface area contributed by atoms with Crippen LogP contribution in [-0.2, 0) is 22.8 Å². The summed E-state index contributed by atoms with van der Waals surface area (Å²) in [5.74, 6) is 0.739. The Morgan fingerprint density at radius 3 is 2.30 bits per heavy atom. The van der Waals surface area contributed by atoms with Gasteiger partial charge in [-0.15, -0.1) is 0 Å². The number of hydrogen-bond acceptors (Lipinski definition) is 4. The molecule has 12 heteroatoms. The number of nitrogens with one attached hydrogen (secondary N) is 1. The monoisotopic (exact) mass is 495 g/mol. The number of halogens is 3. The Morgan fingerprint density at radius 1 is 1.00 bits per heavy atom. The zero-order valence-corrected chi connectivity index (χ0v) is 22.7. The number of benzene rings is 3. The van der Waals surface area contributed by atoms with E-state index in [4.69, 9.17) is 9.88 Å². The zero-order valence-electron chi connectivity index (χ0n) is 19.8. The van der Waals surface area contributed by atoms with Crippen LogP contribution in [-0.4, -0.2) is 18.4 Å². The Balaban J connectivity index is 0.00000289. The number of rotatable bonds is 5. The smallest absolute Gasteiger partial charge is 1.00 e. The topological polar surface area (TPSA) is 98.1 Å². The van der Waals surface area contributed by atoms with Crippen molar-refractivity contribution in [2.75, 3.05) is 0 Å². The van der Waals surface area contributed by atoms with E-state index in [1.54, 1.807) is 36.4 Å². The molecule has 0 fully saturated rings. The maximum atomic E-state index is 12.6. The molecule has 0 atom stereocenters. The van der Waals surface area contributed by atoms with Crippen LogP contribution in [0.5, 0.6) is 5.75 Å². The predicted molar refractivity (Wildman–Crippen MR) is 111 cm³/mol. The maximum Gasteiger partial charge on any atom is 1.00 e. The molecule has 0 aliphatic heterocycles. The summed E-state index contributed by atoms with van der Waals surface area (Å²) in [6, 6.07) is 16.0. The van der Waals surface area contributed by atoms with Gasteiger partial charge in [0, 0.05) is 5.56 Å². The average Bonchev–Trinajstić information content (AvgIpc) is 3.13. The molecule has 0 saturated heterocycles. The number of primary sulfonamides is 1. The van der Waals surface area contributed by atoms with Crippen LogP contribution in [0.1, 0.15) is 14.2 Å². The number of nitrogens with zero attached hydrogens (tertiary/aromatic N) is 1. The van der Waals surface area contributed by atoms with Gasteiger partial charge in [-0.05, 0) is 48.0 Å². The summed E-state index contributed by atoms with van der Waals surface area (Å²) in [6.45, 7) is 0.0170. The van der Waals surface area contributed by atoms with Crippen molar-refractivity contribution in [3.63, 3.8) is 0 Å². The number of aromatic nitrogens is 2. The molecule has 0 saturated carbocycles. The molecule has 33 heavy (non-hydrogen) atoms. The number of H-pyrrole nitrogens is 1. The minimum Gasteiger partial charge on any atom is -1.00 e. The standard InChI is InChI=1S/C21H16F3N3O3S.2Na.2H/c22-21(23,24)14-6-8-15(9-7-14)30-12-20-26-17-10-5-13(11-18(17)27-20)16-3-1-2-4-19(16)31(25,28)29;;;;/h1-11H,12H2,(H,26,27)(H2,25,28,29);;;;/q;2*+1;2*-1. The molecule has 0 amide bonds. The summed E-state index contributed by atoms with van der Waals surface area (Å²) >= 11 is 0. The van der Waals surface area contributed by atoms with Crippen molar-refractivity contribution in [1.82, 2.24) is 9.97 Å². The first-order valence-corrected chi connectivity index (χ1v) is 10.6. The molecule has 4 rings (SSSR count). The predicted octanol–water partition coefficient (Wildman–Crippen LogP) is -1.29. The van der Waals surface area contributed by atoms with Gasteiger partial charge >= 0.3 is 65.3 Å². The Hall–Kier alpha value is -1.37. The van der Waals surface area contributed by atoms with Crippen LogP contribution in [0.15, 0.2) is 71.6 Å². The van der Waals surface area contributed by atoms with E-state index < -0.39 is 21.8 Å². The number of sulfonamides is 1. The van der Waals surface area contributed by atoms with E-state index in [1.165, 1.54) is 18.2 Å². The zero-order chi connectivity index (χ0) is 22.2. The Labute approximate surface area is 235 Å². The van der Waals surface area contributed by atoms with E-state index in [9.17, 15) is 21.6 Å². The fraction of sp³-hybridized carbons (Fsp3) is 0.0952. The Kier molecular flexibility index (Phi) is 9.22. The van der Waals surface area contributed by atoms with Crippen LogP contribution < -0.4 is 69.0 Å². The van der Waals surface area contributed by atoms with Crippen LogP contribution in [0.4, 0.5) is 13.2 Å². The van der Waals surface area contributed by atoms with Crippen LogP contribution in [0, 0.1) is 0 Å². The summed E-state index contributed by atoms with van der Waals surface area (Å²) in [4.78, 5) is 7.47. The van der Waals surface area contributed by atoms with Crippen molar-refractivity contribution in [3.05, 3.63) is 78.1 Å². The third-order valence-electron chi connectivity index (χ3n) is 4.59. The van der Waals surface area contributed by atoms with Crippen molar-refractivity contribution in [2.24, 2.45) is 5.14 Å². The summed E-state index contributed by atoms with van der Waals surface area (Å²) in [7, 11) is -3.90. The number of imidazole rings is 1. The summed E-state index contributed by atoms with van der Waals surface area (Å²) in [6.07, 6.45) is -4.41. The van der Waals surface area contributed by atoms with Gasteiger partial charge < -0.3 is 12.6 Å². The van der Waals surface area contributed by atoms with Crippen LogP contribution in [0.2, 0.25) is 0 Å². The molecule has 0 aliphatic rings. The van der Waals surface area contributed by atoms with Crippen LogP contribution >= 0.6 is 0 Å². The van der Waals surface area contributed by atoms with Gasteiger partial charge in [-0.1, -0.05) is 24.3 Å². The van der Waals surface area contributed by atoms with E-state index in [0.717, 1.165) is 12.1 Å². The molecule has 0 unspecified atom stereocenters. The van der Waals surface area contributed by atoms with Crippen LogP contribution in [0.25, 0.3) is 22.2 Å². The maximum absolute atomic E-state index is 12.6. The van der Waals surface area contributed by atoms with Crippen molar-refractivity contribution in [1.29, 1.82) is 0 Å². The number of alkyl halides is 3. The first kappa shape index (κ1) is 27.9. The quantitative estimate of drug-likeness (QED) is 0.337. The third kappa shape index (κ3) is 6.61. The van der Waals surface area contributed by atoms with Gasteiger partial charge in [0.15, 0.2) is 0 Å². The van der Waals surface area contributed by atoms with Gasteiger partial charge in [0.1, 0.15) is 18.2 Å². The number of hydrogen-bond donors (Lipinski definition) is 2. The van der Waals surface area contributed by atoms with Gasteiger partial charge in [-0.3, -0.25) is 0 Å². The van der Waals surface area contributed by atoms with Crippen molar-refractivity contribution >= 4 is 21.1 Å². The molecule has 0 bridgehead atoms. The average molecular weight is 495 g/mol. The second-order valence-electron chi connectivity index (χ2n) is 6.77. The van der Waals surface area contributed by atoms with Gasteiger partial charge in [-0.25, -0.2) is 18.5 Å². The molecule has 1 aromatic heterocycles. The van der Waals surface area contributed by atoms with E-state index >= 15 is 0 Å². The summed E-state index contributed by atoms with van der Waals surface area (Å²) in [5, 5.41) is 5.31. The van der Waals surface area contributed by atoms with Gasteiger partial charge in [0.2, 0.25) is 10.0 Å². The second kappa shape index (κ2) is 10.9. The molecule has 3 aromatic carbocycles. The van der Waals surface area contributed by atoms with Crippen molar-refractivity contribution in [2.45, 2.75) is 17.7 Å². The molecule has 3 N–H and O–H groups in total. The van der Waals surface area contributed by atoms with Crippen LogP contribution in [0.3, 0.4) is 0 Å². The molecular formula is C21H18F3N3Na2O3S. The molecular weight excluding hydrogens is 477 g/mol. The van der Waals surface area contributed by atoms with E-state index in [2.05, 4.69) is 9.97 Å². The van der Waals surface area contributed by atoms with Crippen molar-refractivity contribution in [3.8, 4) is 16.9 Å². The normalized spacial score (nSPS) is 11.5. The van der Waals surface area contributed by atoms with Gasteiger partial charge in [0.25, 0.3) is 0 Å². The molecule has 164 valence electrons. The number of aromatic amines is 1. The minimum atomic E-state index is -4.41. The Morgan fingerprint density at radius 2 is 1.67 bits per heavy atom. The fourth-order valence-electron chi connectivity index (χ4n) is 3.14. The fourth-order valence-corrected chi connectivity index (χ4v) is 3.90. The van der Waals surface area contributed by atoms with E-state index in [0.29, 0.717) is 28.0 Å². The Bertz CT molecular complexity index is 1370. The number of fused-ring (bicyclic) bond motifs is 1. The van der Waals surface area contributed by atoms with E-state index in [-0.39, 0.29) is 79.2 Å². The molecule has 0 spiro atoms. The first-order valence-electron chi connectivity index (χ1n) is 9.02. The summed E-state index contributed by atoms with van der Waals surface area (Å²) in [5.41, 5.74) is 1.62. The van der Waals surface area contributed by atoms with Gasteiger partial charge in [-0.2, -0.15) is 13.2 Å². The van der Waals surface area contributed by atoms with Crippen molar-refractivity contribution < 1.29 is 88.3 Å². The van der Waals surface area contributed by atoms with Gasteiger partial charge in [0.05, 0.1) is 21.5 Å². The molecule has 4 aromatic rings. The molecule has 0 aliphatic carbocycles.